The molecule has 0 bridgehead atoms. The smallest absolute Gasteiger partial charge is 0.299 e. The second kappa shape index (κ2) is 15.4. The zero-order valence-electron chi connectivity index (χ0n) is 9.33. The van der Waals surface area contributed by atoms with Crippen molar-refractivity contribution in [1.82, 2.24) is 0 Å². The highest BCUT2D eigenvalue weighted by Gasteiger charge is 2.06. The molecule has 0 fully saturated rings. The maximum Gasteiger partial charge on any atom is 0.507 e. The van der Waals surface area contributed by atoms with E-state index in [1.807, 2.05) is 0 Å². The molecule has 0 aliphatic rings. The topological polar surface area (TPSA) is 230 Å². The van der Waals surface area contributed by atoms with E-state index in [2.05, 4.69) is 0 Å². The first-order chi connectivity index (χ1) is 8.00. The van der Waals surface area contributed by atoms with Crippen molar-refractivity contribution in [2.24, 2.45) is 0 Å². The fraction of sp³-hybridized carbons (Fsp3) is 0. The predicted octanol–water partition coefficient (Wildman–Crippen LogP) is 1.04. The van der Waals surface area contributed by atoms with Gasteiger partial charge in [0, 0.05) is 0 Å². The zero-order chi connectivity index (χ0) is 18.0. The molecule has 0 saturated carbocycles. The third kappa shape index (κ3) is 10200. The van der Waals surface area contributed by atoms with Crippen molar-refractivity contribution in [3.63, 3.8) is 0 Å². The molecule has 0 aliphatic heterocycles. The van der Waals surface area contributed by atoms with Crippen molar-refractivity contribution < 1.29 is 74.2 Å². The highest BCUT2D eigenvalue weighted by Crippen LogP contribution is 2.36. The summed E-state index contributed by atoms with van der Waals surface area (Å²) >= 11 is 0. The molecule has 0 aromatic heterocycles. The molecular weight excluding hydrogens is 463 g/mol. The molecule has 144 valence electrons. The Morgan fingerprint density at radius 3 is 0.409 bits per heavy atom. The Bertz CT molecular complexity index is 302. The van der Waals surface area contributed by atoms with Gasteiger partial charge in [0.2, 0.25) is 0 Å². The first-order valence-corrected chi connectivity index (χ1v) is 9.02. The summed E-state index contributed by atoms with van der Waals surface area (Å²) < 4.78 is 76.1. The molecule has 0 aromatic carbocycles. The summed E-state index contributed by atoms with van der Waals surface area (Å²) in [5.74, 6) is 0. The number of hydrogen-bond acceptors (Lipinski definition) is 4. The van der Waals surface area contributed by atoms with E-state index in [0.29, 0.717) is 0 Å². The molecular formula is H10Cl2F4O12P4. The van der Waals surface area contributed by atoms with E-state index in [1.165, 1.54) is 0 Å². The maximum absolute atomic E-state index is 10.4. The lowest BCUT2D eigenvalue weighted by Gasteiger charge is -1.78. The van der Waals surface area contributed by atoms with Gasteiger partial charge >= 0.3 is 31.6 Å². The van der Waals surface area contributed by atoms with Crippen LogP contribution in [0, 0.1) is 0 Å². The van der Waals surface area contributed by atoms with E-state index in [0.717, 1.165) is 0 Å². The molecule has 0 radical (unpaired) electrons. The van der Waals surface area contributed by atoms with Crippen LogP contribution >= 0.6 is 56.4 Å². The minimum atomic E-state index is -5.14. The van der Waals surface area contributed by atoms with E-state index in [-0.39, 0.29) is 24.8 Å². The predicted molar refractivity (Wildman–Crippen MR) is 67.1 cm³/mol. The summed E-state index contributed by atoms with van der Waals surface area (Å²) in [6.45, 7) is 0. The molecule has 0 atom stereocenters. The Balaban J connectivity index is -0.0000000376. The first kappa shape index (κ1) is 38.5. The van der Waals surface area contributed by atoms with Crippen LogP contribution in [0.25, 0.3) is 0 Å². The van der Waals surface area contributed by atoms with Gasteiger partial charge in [0.05, 0.1) is 0 Å². The molecule has 8 N–H and O–H groups in total. The van der Waals surface area contributed by atoms with Crippen LogP contribution in [0.2, 0.25) is 0 Å². The number of hydrogen-bond donors (Lipinski definition) is 8. The summed E-state index contributed by atoms with van der Waals surface area (Å²) in [5.41, 5.74) is 0. The molecule has 0 unspecified atom stereocenters. The standard InChI is InChI=1S/2ClH.4FH2O3P/c;;4*1-5(2,3)4/h2*1H;4*(H2,2,3,4). The zero-order valence-corrected chi connectivity index (χ0v) is 14.5. The molecule has 22 heavy (non-hydrogen) atoms. The summed E-state index contributed by atoms with van der Waals surface area (Å²) in [6, 6.07) is 0. The van der Waals surface area contributed by atoms with Gasteiger partial charge in [-0.3, -0.25) is 39.1 Å². The van der Waals surface area contributed by atoms with Gasteiger partial charge in [-0.15, -0.1) is 41.6 Å². The van der Waals surface area contributed by atoms with Gasteiger partial charge in [0.15, 0.2) is 0 Å². The Morgan fingerprint density at radius 1 is 0.409 bits per heavy atom. The monoisotopic (exact) mass is 472 g/mol. The number of halogens is 6. The molecule has 12 nitrogen and oxygen atoms in total. The number of rotatable bonds is 0. The van der Waals surface area contributed by atoms with Crippen LogP contribution in [0.1, 0.15) is 0 Å². The Hall–Kier alpha value is 0.900. The molecule has 0 spiro atoms. The lowest BCUT2D eigenvalue weighted by atomic mass is 15.8. The van der Waals surface area contributed by atoms with E-state index in [9.17, 15) is 16.8 Å². The van der Waals surface area contributed by atoms with Crippen LogP contribution in [-0.2, 0) is 18.3 Å². The summed E-state index contributed by atoms with van der Waals surface area (Å²) in [5, 5.41) is 0. The quantitative estimate of drug-likeness (QED) is 0.182. The van der Waals surface area contributed by atoms with Crippen LogP contribution in [0.3, 0.4) is 0 Å². The molecule has 0 heterocycles. The van der Waals surface area contributed by atoms with Crippen molar-refractivity contribution in [3.05, 3.63) is 0 Å². The second-order valence-electron chi connectivity index (χ2n) is 1.89. The van der Waals surface area contributed by atoms with E-state index in [4.69, 9.17) is 57.4 Å². The van der Waals surface area contributed by atoms with Crippen molar-refractivity contribution in [3.8, 4) is 0 Å². The van der Waals surface area contributed by atoms with Gasteiger partial charge in [0.25, 0.3) is 0 Å². The first-order valence-electron chi connectivity index (χ1n) is 3.01. The van der Waals surface area contributed by atoms with Gasteiger partial charge in [-0.25, -0.2) is 18.3 Å². The van der Waals surface area contributed by atoms with Gasteiger partial charge in [-0.2, -0.15) is 0 Å². The van der Waals surface area contributed by atoms with Crippen molar-refractivity contribution >= 4 is 56.4 Å². The van der Waals surface area contributed by atoms with Crippen LogP contribution in [0.4, 0.5) is 16.8 Å². The van der Waals surface area contributed by atoms with E-state index >= 15 is 0 Å². The van der Waals surface area contributed by atoms with Crippen LogP contribution < -0.4 is 0 Å². The van der Waals surface area contributed by atoms with Crippen LogP contribution in [0.15, 0.2) is 0 Å². The highest BCUT2D eigenvalue weighted by molar-refractivity contribution is 7.46. The Labute approximate surface area is 131 Å². The lowest BCUT2D eigenvalue weighted by Crippen LogP contribution is -1.56. The molecule has 0 rings (SSSR count). The summed E-state index contributed by atoms with van der Waals surface area (Å²) in [4.78, 5) is 55.7. The van der Waals surface area contributed by atoms with Gasteiger partial charge in [-0.1, -0.05) is 0 Å². The van der Waals surface area contributed by atoms with Crippen molar-refractivity contribution in [1.29, 1.82) is 0 Å². The maximum atomic E-state index is 10.4. The van der Waals surface area contributed by atoms with Crippen LogP contribution in [0.5, 0.6) is 0 Å². The fourth-order valence-electron chi connectivity index (χ4n) is 0. The minimum absolute atomic E-state index is 0. The summed E-state index contributed by atoms with van der Waals surface area (Å²) in [6.07, 6.45) is 0. The van der Waals surface area contributed by atoms with Crippen molar-refractivity contribution in [2.75, 3.05) is 0 Å². The highest BCUT2D eigenvalue weighted by atomic mass is 35.5. The SMILES string of the molecule is Cl.Cl.O=P(O)(O)F.O=P(O)(O)F.O=P(O)(O)F.O=P(O)(O)F. The lowest BCUT2D eigenvalue weighted by molar-refractivity contribution is 0.320. The third-order valence-electron chi connectivity index (χ3n) is 0. The van der Waals surface area contributed by atoms with Crippen molar-refractivity contribution in [2.45, 2.75) is 0 Å². The average Bonchev–Trinajstić information content (AvgIpc) is 1.62. The fourth-order valence-corrected chi connectivity index (χ4v) is 0. The largest absolute Gasteiger partial charge is 0.507 e. The molecule has 0 aromatic rings. The Morgan fingerprint density at radius 2 is 0.409 bits per heavy atom. The van der Waals surface area contributed by atoms with E-state index < -0.39 is 31.6 Å². The van der Waals surface area contributed by atoms with Gasteiger partial charge < -0.3 is 0 Å². The normalized spacial score (nSPS) is 10.7. The average molecular weight is 473 g/mol. The molecule has 22 heteroatoms. The molecule has 0 saturated heterocycles. The van der Waals surface area contributed by atoms with Gasteiger partial charge in [-0.05, 0) is 0 Å². The minimum Gasteiger partial charge on any atom is -0.299 e. The third-order valence-corrected chi connectivity index (χ3v) is 0. The Kier molecular flexibility index (Phi) is 27.0. The second-order valence-corrected chi connectivity index (χ2v) is 5.68. The molecule has 0 amide bonds. The van der Waals surface area contributed by atoms with E-state index in [1.54, 1.807) is 0 Å². The molecule has 0 aliphatic carbocycles. The van der Waals surface area contributed by atoms with Crippen LogP contribution in [-0.4, -0.2) is 39.1 Å². The van der Waals surface area contributed by atoms with Gasteiger partial charge in [0.1, 0.15) is 0 Å². The summed E-state index contributed by atoms with van der Waals surface area (Å²) in [7, 11) is -20.6.